The van der Waals surface area contributed by atoms with Crippen LogP contribution in [0.15, 0.2) is 24.3 Å². The Balaban J connectivity index is 1.89. The molecule has 0 saturated carbocycles. The first-order valence-corrected chi connectivity index (χ1v) is 7.15. The van der Waals surface area contributed by atoms with Gasteiger partial charge in [-0.2, -0.15) is 0 Å². The first kappa shape index (κ1) is 11.4. The standard InChI is InChI=1S/C11H16N2O2S/c12-10-3-1-2-9(6-10)7-13-11-4-5-16(14,15)8-11/h1-3,6,11,13H,4-5,7-8,12H2. The van der Waals surface area contributed by atoms with E-state index in [4.69, 9.17) is 5.73 Å². The number of hydrogen-bond acceptors (Lipinski definition) is 4. The Bertz CT molecular complexity index is 471. The molecular weight excluding hydrogens is 224 g/mol. The first-order valence-electron chi connectivity index (χ1n) is 5.33. The molecule has 0 amide bonds. The van der Waals surface area contributed by atoms with E-state index in [-0.39, 0.29) is 11.8 Å². The predicted molar refractivity (Wildman–Crippen MR) is 64.8 cm³/mol. The van der Waals surface area contributed by atoms with E-state index in [2.05, 4.69) is 5.32 Å². The Morgan fingerprint density at radius 1 is 1.44 bits per heavy atom. The first-order chi connectivity index (χ1) is 7.55. The maximum Gasteiger partial charge on any atom is 0.151 e. The predicted octanol–water partition coefficient (Wildman–Crippen LogP) is 0.545. The lowest BCUT2D eigenvalue weighted by atomic mass is 10.2. The quantitative estimate of drug-likeness (QED) is 0.757. The molecule has 0 aliphatic carbocycles. The van der Waals surface area contributed by atoms with Gasteiger partial charge in [-0.1, -0.05) is 12.1 Å². The van der Waals surface area contributed by atoms with Crippen molar-refractivity contribution in [3.63, 3.8) is 0 Å². The second-order valence-electron chi connectivity index (χ2n) is 4.23. The Labute approximate surface area is 95.8 Å². The number of rotatable bonds is 3. The molecule has 0 aromatic heterocycles. The van der Waals surface area contributed by atoms with Crippen LogP contribution in [0.1, 0.15) is 12.0 Å². The average Bonchev–Trinajstić information content (AvgIpc) is 2.56. The fraction of sp³-hybridized carbons (Fsp3) is 0.455. The molecule has 88 valence electrons. The molecule has 2 rings (SSSR count). The van der Waals surface area contributed by atoms with Crippen molar-refractivity contribution in [3.8, 4) is 0 Å². The third-order valence-electron chi connectivity index (χ3n) is 2.78. The largest absolute Gasteiger partial charge is 0.399 e. The lowest BCUT2D eigenvalue weighted by Gasteiger charge is -2.10. The van der Waals surface area contributed by atoms with E-state index in [9.17, 15) is 8.42 Å². The minimum absolute atomic E-state index is 0.0893. The van der Waals surface area contributed by atoms with E-state index in [1.807, 2.05) is 24.3 Å². The van der Waals surface area contributed by atoms with Gasteiger partial charge in [-0.25, -0.2) is 8.42 Å². The number of nitrogen functional groups attached to an aromatic ring is 1. The van der Waals surface area contributed by atoms with Crippen LogP contribution in [0.4, 0.5) is 5.69 Å². The summed E-state index contributed by atoms with van der Waals surface area (Å²) in [6.07, 6.45) is 0.713. The number of hydrogen-bond donors (Lipinski definition) is 2. The Morgan fingerprint density at radius 2 is 2.25 bits per heavy atom. The summed E-state index contributed by atoms with van der Waals surface area (Å²) in [5.74, 6) is 0.566. The number of sulfone groups is 1. The number of nitrogens with one attached hydrogen (secondary N) is 1. The summed E-state index contributed by atoms with van der Waals surface area (Å²) in [7, 11) is -2.80. The molecule has 1 fully saturated rings. The normalized spacial score (nSPS) is 23.4. The van der Waals surface area contributed by atoms with Crippen LogP contribution in [0.5, 0.6) is 0 Å². The van der Waals surface area contributed by atoms with Crippen LogP contribution in [-0.4, -0.2) is 26.0 Å². The third-order valence-corrected chi connectivity index (χ3v) is 4.55. The third kappa shape index (κ3) is 2.96. The second kappa shape index (κ2) is 4.43. The second-order valence-corrected chi connectivity index (χ2v) is 6.45. The van der Waals surface area contributed by atoms with Gasteiger partial charge in [0.25, 0.3) is 0 Å². The molecule has 1 atom stereocenters. The van der Waals surface area contributed by atoms with Crippen molar-refractivity contribution in [1.29, 1.82) is 0 Å². The number of nitrogens with two attached hydrogens (primary N) is 1. The summed E-state index contributed by atoms with van der Waals surface area (Å²) in [6, 6.07) is 7.70. The average molecular weight is 240 g/mol. The van der Waals surface area contributed by atoms with Crippen molar-refractivity contribution in [2.45, 2.75) is 19.0 Å². The van der Waals surface area contributed by atoms with Crippen molar-refractivity contribution in [2.24, 2.45) is 0 Å². The molecule has 1 aromatic rings. The van der Waals surface area contributed by atoms with Gasteiger partial charge in [0.15, 0.2) is 9.84 Å². The maximum atomic E-state index is 11.2. The molecule has 4 nitrogen and oxygen atoms in total. The molecule has 1 aromatic carbocycles. The van der Waals surface area contributed by atoms with E-state index in [1.165, 1.54) is 0 Å². The van der Waals surface area contributed by atoms with Crippen LogP contribution >= 0.6 is 0 Å². The highest BCUT2D eigenvalue weighted by molar-refractivity contribution is 7.91. The summed E-state index contributed by atoms with van der Waals surface area (Å²) in [4.78, 5) is 0. The molecule has 16 heavy (non-hydrogen) atoms. The monoisotopic (exact) mass is 240 g/mol. The van der Waals surface area contributed by atoms with Crippen LogP contribution < -0.4 is 11.1 Å². The summed E-state index contributed by atoms with van der Waals surface area (Å²) in [5, 5.41) is 3.25. The molecule has 3 N–H and O–H groups in total. The van der Waals surface area contributed by atoms with Gasteiger partial charge >= 0.3 is 0 Å². The fourth-order valence-corrected chi connectivity index (χ4v) is 3.63. The molecule has 5 heteroatoms. The highest BCUT2D eigenvalue weighted by atomic mass is 32.2. The lowest BCUT2D eigenvalue weighted by molar-refractivity contribution is 0.554. The zero-order valence-electron chi connectivity index (χ0n) is 9.02. The molecule has 1 saturated heterocycles. The molecule has 1 aliphatic heterocycles. The molecule has 1 heterocycles. The summed E-state index contributed by atoms with van der Waals surface area (Å²) >= 11 is 0. The zero-order chi connectivity index (χ0) is 11.6. The number of benzene rings is 1. The van der Waals surface area contributed by atoms with Crippen LogP contribution in [-0.2, 0) is 16.4 Å². The van der Waals surface area contributed by atoms with Crippen molar-refractivity contribution in [2.75, 3.05) is 17.2 Å². The molecule has 1 unspecified atom stereocenters. The summed E-state index contributed by atoms with van der Waals surface area (Å²) < 4.78 is 22.5. The van der Waals surface area contributed by atoms with Gasteiger partial charge in [0.1, 0.15) is 0 Å². The van der Waals surface area contributed by atoms with E-state index in [1.54, 1.807) is 0 Å². The van der Waals surface area contributed by atoms with E-state index in [0.717, 1.165) is 11.3 Å². The van der Waals surface area contributed by atoms with Crippen LogP contribution in [0.2, 0.25) is 0 Å². The Morgan fingerprint density at radius 3 is 2.88 bits per heavy atom. The number of anilines is 1. The molecule has 1 aliphatic rings. The van der Waals surface area contributed by atoms with Crippen molar-refractivity contribution < 1.29 is 8.42 Å². The van der Waals surface area contributed by atoms with Gasteiger partial charge in [-0.3, -0.25) is 0 Å². The van der Waals surface area contributed by atoms with E-state index in [0.29, 0.717) is 18.7 Å². The van der Waals surface area contributed by atoms with Gasteiger partial charge in [-0.05, 0) is 24.1 Å². The molecule has 0 bridgehead atoms. The molecular formula is C11H16N2O2S. The van der Waals surface area contributed by atoms with Gasteiger partial charge < -0.3 is 11.1 Å². The minimum Gasteiger partial charge on any atom is -0.399 e. The fourth-order valence-electron chi connectivity index (χ4n) is 1.92. The van der Waals surface area contributed by atoms with Gasteiger partial charge in [0, 0.05) is 18.3 Å². The van der Waals surface area contributed by atoms with Crippen LogP contribution in [0, 0.1) is 0 Å². The molecule has 0 radical (unpaired) electrons. The Kier molecular flexibility index (Phi) is 3.16. The maximum absolute atomic E-state index is 11.2. The highest BCUT2D eigenvalue weighted by Gasteiger charge is 2.27. The summed E-state index contributed by atoms with van der Waals surface area (Å²) in [6.45, 7) is 0.672. The van der Waals surface area contributed by atoms with Crippen LogP contribution in [0.25, 0.3) is 0 Å². The SMILES string of the molecule is Nc1cccc(CNC2CCS(=O)(=O)C2)c1. The van der Waals surface area contributed by atoms with E-state index >= 15 is 0 Å². The van der Waals surface area contributed by atoms with Gasteiger partial charge in [0.2, 0.25) is 0 Å². The van der Waals surface area contributed by atoms with Crippen molar-refractivity contribution >= 4 is 15.5 Å². The van der Waals surface area contributed by atoms with E-state index < -0.39 is 9.84 Å². The van der Waals surface area contributed by atoms with Gasteiger partial charge in [0.05, 0.1) is 11.5 Å². The van der Waals surface area contributed by atoms with Gasteiger partial charge in [-0.15, -0.1) is 0 Å². The topological polar surface area (TPSA) is 72.2 Å². The zero-order valence-corrected chi connectivity index (χ0v) is 9.83. The van der Waals surface area contributed by atoms with Crippen LogP contribution in [0.3, 0.4) is 0 Å². The molecule has 0 spiro atoms. The summed E-state index contributed by atoms with van der Waals surface area (Å²) in [5.41, 5.74) is 7.48. The minimum atomic E-state index is -2.80. The smallest absolute Gasteiger partial charge is 0.151 e. The highest BCUT2D eigenvalue weighted by Crippen LogP contribution is 2.12. The lowest BCUT2D eigenvalue weighted by Crippen LogP contribution is -2.29. The Hall–Kier alpha value is -1.07. The van der Waals surface area contributed by atoms with Crippen molar-refractivity contribution in [1.82, 2.24) is 5.32 Å². The van der Waals surface area contributed by atoms with Crippen molar-refractivity contribution in [3.05, 3.63) is 29.8 Å².